The summed E-state index contributed by atoms with van der Waals surface area (Å²) >= 11 is 5.73. The van der Waals surface area contributed by atoms with Gasteiger partial charge in [0.2, 0.25) is 11.8 Å². The molecule has 1 aromatic carbocycles. The number of nitrogens with one attached hydrogen (secondary N) is 1. The van der Waals surface area contributed by atoms with E-state index in [9.17, 15) is 14.0 Å². The van der Waals surface area contributed by atoms with Gasteiger partial charge in [-0.05, 0) is 12.5 Å². The van der Waals surface area contributed by atoms with Crippen molar-refractivity contribution < 1.29 is 14.0 Å². The van der Waals surface area contributed by atoms with Crippen molar-refractivity contribution in [1.29, 1.82) is 0 Å². The van der Waals surface area contributed by atoms with Gasteiger partial charge in [0.15, 0.2) is 0 Å². The number of benzene rings is 1. The fourth-order valence-corrected chi connectivity index (χ4v) is 2.28. The molecule has 0 spiro atoms. The van der Waals surface area contributed by atoms with Crippen LogP contribution in [0, 0.1) is 5.82 Å². The third-order valence-corrected chi connectivity index (χ3v) is 3.31. The summed E-state index contributed by atoms with van der Waals surface area (Å²) in [6, 6.07) is 1.89. The summed E-state index contributed by atoms with van der Waals surface area (Å²) in [5.41, 5.74) is 6.28. The Morgan fingerprint density at radius 1 is 1.53 bits per heavy atom. The van der Waals surface area contributed by atoms with Crippen LogP contribution in [0.1, 0.15) is 13.3 Å². The van der Waals surface area contributed by atoms with Crippen LogP contribution in [0.15, 0.2) is 12.1 Å². The molecule has 0 bridgehead atoms. The number of rotatable bonds is 2. The van der Waals surface area contributed by atoms with E-state index in [1.165, 1.54) is 6.07 Å². The highest BCUT2D eigenvalue weighted by Gasteiger charge is 2.33. The largest absolute Gasteiger partial charge is 0.397 e. The lowest BCUT2D eigenvalue weighted by atomic mass is 10.1. The number of halogens is 2. The molecule has 2 rings (SSSR count). The quantitative estimate of drug-likeness (QED) is 0.634. The molecule has 1 unspecified atom stereocenters. The first-order valence-corrected chi connectivity index (χ1v) is 6.16. The molecule has 2 amide bonds. The van der Waals surface area contributed by atoms with Gasteiger partial charge in [-0.15, -0.1) is 0 Å². The van der Waals surface area contributed by atoms with Crippen molar-refractivity contribution in [2.45, 2.75) is 19.4 Å². The number of piperazine rings is 1. The molecule has 0 radical (unpaired) electrons. The molecule has 5 nitrogen and oxygen atoms in total. The van der Waals surface area contributed by atoms with E-state index in [0.717, 1.165) is 6.07 Å². The number of hydrogen-bond acceptors (Lipinski definition) is 4. The molecule has 7 heteroatoms. The fraction of sp³-hybridized carbons (Fsp3) is 0.333. The molecule has 1 fully saturated rings. The highest BCUT2D eigenvalue weighted by Crippen LogP contribution is 2.32. The molecule has 19 heavy (non-hydrogen) atoms. The smallest absolute Gasteiger partial charge is 0.249 e. The van der Waals surface area contributed by atoms with Gasteiger partial charge in [-0.1, -0.05) is 18.5 Å². The summed E-state index contributed by atoms with van der Waals surface area (Å²) < 4.78 is 13.3. The van der Waals surface area contributed by atoms with Gasteiger partial charge >= 0.3 is 0 Å². The van der Waals surface area contributed by atoms with Crippen molar-refractivity contribution in [3.8, 4) is 0 Å². The minimum Gasteiger partial charge on any atom is -0.397 e. The van der Waals surface area contributed by atoms with Crippen molar-refractivity contribution >= 4 is 34.8 Å². The van der Waals surface area contributed by atoms with E-state index in [-0.39, 0.29) is 17.3 Å². The van der Waals surface area contributed by atoms with E-state index >= 15 is 0 Å². The number of nitrogens with two attached hydrogens (primary N) is 1. The van der Waals surface area contributed by atoms with E-state index in [0.29, 0.717) is 12.1 Å². The number of carbonyl (C=O) groups is 2. The maximum absolute atomic E-state index is 13.3. The monoisotopic (exact) mass is 285 g/mol. The van der Waals surface area contributed by atoms with Crippen LogP contribution in [0.4, 0.5) is 15.8 Å². The van der Waals surface area contributed by atoms with Crippen LogP contribution < -0.4 is 16.0 Å². The number of carbonyl (C=O) groups excluding carboxylic acids is 2. The zero-order valence-electron chi connectivity index (χ0n) is 10.2. The van der Waals surface area contributed by atoms with Crippen LogP contribution in [-0.2, 0) is 9.59 Å². The summed E-state index contributed by atoms with van der Waals surface area (Å²) in [6.45, 7) is 1.80. The molecule has 0 aromatic heterocycles. The van der Waals surface area contributed by atoms with Crippen LogP contribution in [0.3, 0.4) is 0 Å². The molecule has 102 valence electrons. The lowest BCUT2D eigenvalue weighted by Gasteiger charge is -2.35. The fourth-order valence-electron chi connectivity index (χ4n) is 2.13. The van der Waals surface area contributed by atoms with Crippen molar-refractivity contribution in [3.63, 3.8) is 0 Å². The standard InChI is InChI=1S/C12H13ClFN3O2/c1-2-9-12(19)16-11(18)5-17(9)10-3-6(13)7(14)4-8(10)15/h3-4,9H,2,5,15H2,1H3,(H,16,18,19). The maximum atomic E-state index is 13.3. The Morgan fingerprint density at radius 2 is 2.21 bits per heavy atom. The number of nitrogen functional groups attached to an aromatic ring is 1. The third-order valence-electron chi connectivity index (χ3n) is 3.02. The Balaban J connectivity index is 2.46. The van der Waals surface area contributed by atoms with E-state index < -0.39 is 23.7 Å². The van der Waals surface area contributed by atoms with Crippen LogP contribution in [0.5, 0.6) is 0 Å². The Bertz CT molecular complexity index is 550. The molecule has 1 saturated heterocycles. The predicted molar refractivity (Wildman–Crippen MR) is 70.4 cm³/mol. The Kier molecular flexibility index (Phi) is 3.61. The average Bonchev–Trinajstić information content (AvgIpc) is 2.33. The summed E-state index contributed by atoms with van der Waals surface area (Å²) in [6.07, 6.45) is 0.494. The first-order valence-electron chi connectivity index (χ1n) is 5.79. The number of anilines is 2. The second-order valence-electron chi connectivity index (χ2n) is 4.29. The van der Waals surface area contributed by atoms with Crippen molar-refractivity contribution in [3.05, 3.63) is 23.0 Å². The van der Waals surface area contributed by atoms with Gasteiger partial charge in [-0.3, -0.25) is 14.9 Å². The Morgan fingerprint density at radius 3 is 2.84 bits per heavy atom. The van der Waals surface area contributed by atoms with Crippen molar-refractivity contribution in [2.24, 2.45) is 0 Å². The molecule has 1 heterocycles. The van der Waals surface area contributed by atoms with Crippen LogP contribution in [0.2, 0.25) is 5.02 Å². The Labute approximate surface area is 114 Å². The lowest BCUT2D eigenvalue weighted by molar-refractivity contribution is -0.132. The normalized spacial score (nSPS) is 19.5. The maximum Gasteiger partial charge on any atom is 0.249 e. The second kappa shape index (κ2) is 5.05. The number of amides is 2. The molecular weight excluding hydrogens is 273 g/mol. The minimum atomic E-state index is -0.635. The highest BCUT2D eigenvalue weighted by atomic mass is 35.5. The summed E-state index contributed by atoms with van der Waals surface area (Å²) in [4.78, 5) is 24.8. The third kappa shape index (κ3) is 2.49. The first-order chi connectivity index (χ1) is 8.93. The van der Waals surface area contributed by atoms with E-state index in [1.54, 1.807) is 4.90 Å². The van der Waals surface area contributed by atoms with Crippen molar-refractivity contribution in [1.82, 2.24) is 5.32 Å². The molecule has 0 saturated carbocycles. The molecule has 1 aliphatic rings. The lowest BCUT2D eigenvalue weighted by Crippen LogP contribution is -2.58. The van der Waals surface area contributed by atoms with E-state index in [1.807, 2.05) is 6.92 Å². The highest BCUT2D eigenvalue weighted by molar-refractivity contribution is 6.31. The summed E-state index contributed by atoms with van der Waals surface area (Å²) in [5.74, 6) is -1.45. The van der Waals surface area contributed by atoms with Gasteiger partial charge in [0.1, 0.15) is 11.9 Å². The number of hydrogen-bond donors (Lipinski definition) is 2. The zero-order valence-corrected chi connectivity index (χ0v) is 11.0. The average molecular weight is 286 g/mol. The van der Waals surface area contributed by atoms with E-state index in [4.69, 9.17) is 17.3 Å². The molecule has 1 aromatic rings. The van der Waals surface area contributed by atoms with Crippen molar-refractivity contribution in [2.75, 3.05) is 17.2 Å². The van der Waals surface area contributed by atoms with E-state index in [2.05, 4.69) is 5.32 Å². The Hall–Kier alpha value is -1.82. The van der Waals surface area contributed by atoms with Crippen LogP contribution in [-0.4, -0.2) is 24.4 Å². The summed E-state index contributed by atoms with van der Waals surface area (Å²) in [5, 5.41) is 2.16. The second-order valence-corrected chi connectivity index (χ2v) is 4.70. The SMILES string of the molecule is CCC1C(=O)NC(=O)CN1c1cc(Cl)c(F)cc1N. The van der Waals surface area contributed by atoms with Gasteiger partial charge in [-0.2, -0.15) is 0 Å². The van der Waals surface area contributed by atoms with Gasteiger partial charge in [0, 0.05) is 6.07 Å². The number of imide groups is 1. The van der Waals surface area contributed by atoms with Gasteiger partial charge in [-0.25, -0.2) is 4.39 Å². The van der Waals surface area contributed by atoms with Crippen LogP contribution >= 0.6 is 11.6 Å². The molecule has 1 aliphatic heterocycles. The van der Waals surface area contributed by atoms with Gasteiger partial charge in [0.05, 0.1) is 22.9 Å². The number of nitrogens with zero attached hydrogens (tertiary/aromatic N) is 1. The topological polar surface area (TPSA) is 75.4 Å². The summed E-state index contributed by atoms with van der Waals surface area (Å²) in [7, 11) is 0. The predicted octanol–water partition coefficient (Wildman–Crippen LogP) is 1.30. The van der Waals surface area contributed by atoms with Crippen LogP contribution in [0.25, 0.3) is 0 Å². The molecule has 0 aliphatic carbocycles. The molecular formula is C12H13ClFN3O2. The minimum absolute atomic E-state index is 0.0175. The van der Waals surface area contributed by atoms with Gasteiger partial charge < -0.3 is 10.6 Å². The zero-order chi connectivity index (χ0) is 14.2. The molecule has 3 N–H and O–H groups in total. The first kappa shape index (κ1) is 13.6. The molecule has 1 atom stereocenters. The van der Waals surface area contributed by atoms with Gasteiger partial charge in [0.25, 0.3) is 0 Å².